The van der Waals surface area contributed by atoms with E-state index >= 15 is 0 Å². The van der Waals surface area contributed by atoms with Gasteiger partial charge in [0.15, 0.2) is 0 Å². The molecule has 1 aromatic carbocycles. The first-order chi connectivity index (χ1) is 8.27. The van der Waals surface area contributed by atoms with Gasteiger partial charge in [0.25, 0.3) is 5.69 Å². The van der Waals surface area contributed by atoms with E-state index in [1.54, 1.807) is 12.1 Å². The van der Waals surface area contributed by atoms with Crippen LogP contribution in [0.2, 0.25) is 0 Å². The Bertz CT molecular complexity index is 423. The van der Waals surface area contributed by atoms with Crippen LogP contribution >= 0.6 is 0 Å². The highest BCUT2D eigenvalue weighted by Crippen LogP contribution is 2.20. The van der Waals surface area contributed by atoms with Crippen LogP contribution in [-0.2, 0) is 0 Å². The van der Waals surface area contributed by atoms with Crippen LogP contribution in [0.3, 0.4) is 0 Å². The van der Waals surface area contributed by atoms with Gasteiger partial charge in [-0.05, 0) is 25.5 Å². The molecule has 0 radical (unpaired) electrons. The Hall–Kier alpha value is -1.68. The molecule has 1 aliphatic heterocycles. The van der Waals surface area contributed by atoms with Gasteiger partial charge in [0.1, 0.15) is 0 Å². The number of piperidine rings is 1. The van der Waals surface area contributed by atoms with E-state index < -0.39 is 0 Å². The predicted octanol–water partition coefficient (Wildman–Crippen LogP) is 2.75. The van der Waals surface area contributed by atoms with Crippen molar-refractivity contribution in [3.05, 3.63) is 46.0 Å². The standard InChI is InChI=1S/C13H16N2O2/c16-15(17)13-7-2-1-5-11(13)8-9-12-6-3-4-10-14-12/h1-2,5,7-9,12,14H,3-4,6,10H2. The summed E-state index contributed by atoms with van der Waals surface area (Å²) in [6.07, 6.45) is 7.43. The molecule has 2 rings (SSSR count). The van der Waals surface area contributed by atoms with E-state index in [2.05, 4.69) is 5.32 Å². The van der Waals surface area contributed by atoms with E-state index in [-0.39, 0.29) is 10.6 Å². The minimum atomic E-state index is -0.339. The Balaban J connectivity index is 2.11. The first-order valence-electron chi connectivity index (χ1n) is 5.92. The van der Waals surface area contributed by atoms with Crippen molar-refractivity contribution in [3.8, 4) is 0 Å². The number of para-hydroxylation sites is 1. The fraction of sp³-hybridized carbons (Fsp3) is 0.385. The molecule has 1 aromatic rings. The summed E-state index contributed by atoms with van der Waals surface area (Å²) in [5.74, 6) is 0. The normalized spacial score (nSPS) is 20.6. The molecule has 0 bridgehead atoms. The second-order valence-electron chi connectivity index (χ2n) is 4.23. The topological polar surface area (TPSA) is 55.2 Å². The summed E-state index contributed by atoms with van der Waals surface area (Å²) in [4.78, 5) is 10.5. The van der Waals surface area contributed by atoms with Gasteiger partial charge in [-0.3, -0.25) is 10.1 Å². The molecule has 1 aliphatic rings. The SMILES string of the molecule is O=[N+]([O-])c1ccccc1C=CC1CCCCN1. The molecule has 1 fully saturated rings. The zero-order valence-electron chi connectivity index (χ0n) is 9.63. The lowest BCUT2D eigenvalue weighted by molar-refractivity contribution is -0.385. The van der Waals surface area contributed by atoms with Crippen molar-refractivity contribution in [1.82, 2.24) is 5.32 Å². The van der Waals surface area contributed by atoms with E-state index in [4.69, 9.17) is 0 Å². The van der Waals surface area contributed by atoms with Crippen LogP contribution in [0.15, 0.2) is 30.3 Å². The van der Waals surface area contributed by atoms with Crippen molar-refractivity contribution in [2.24, 2.45) is 0 Å². The smallest absolute Gasteiger partial charge is 0.276 e. The molecule has 1 saturated heterocycles. The fourth-order valence-corrected chi connectivity index (χ4v) is 2.06. The number of nitrogens with one attached hydrogen (secondary N) is 1. The molecule has 1 N–H and O–H groups in total. The number of nitro groups is 1. The van der Waals surface area contributed by atoms with Gasteiger partial charge in [0.05, 0.1) is 10.5 Å². The minimum Gasteiger partial charge on any atom is -0.311 e. The summed E-state index contributed by atoms with van der Waals surface area (Å²) in [6.45, 7) is 1.03. The number of rotatable bonds is 3. The maximum atomic E-state index is 10.8. The lowest BCUT2D eigenvalue weighted by Gasteiger charge is -2.19. The van der Waals surface area contributed by atoms with E-state index in [1.807, 2.05) is 18.2 Å². The number of benzene rings is 1. The highest BCUT2D eigenvalue weighted by atomic mass is 16.6. The van der Waals surface area contributed by atoms with E-state index in [9.17, 15) is 10.1 Å². The van der Waals surface area contributed by atoms with Crippen molar-refractivity contribution in [1.29, 1.82) is 0 Å². The van der Waals surface area contributed by atoms with Crippen LogP contribution in [0.1, 0.15) is 24.8 Å². The van der Waals surface area contributed by atoms with Crippen LogP contribution in [-0.4, -0.2) is 17.5 Å². The maximum Gasteiger partial charge on any atom is 0.276 e. The number of hydrogen-bond donors (Lipinski definition) is 1. The van der Waals surface area contributed by atoms with Gasteiger partial charge in [-0.1, -0.05) is 30.7 Å². The Morgan fingerprint density at radius 3 is 2.88 bits per heavy atom. The Kier molecular flexibility index (Phi) is 3.88. The van der Waals surface area contributed by atoms with Gasteiger partial charge >= 0.3 is 0 Å². The van der Waals surface area contributed by atoms with Crippen LogP contribution in [0, 0.1) is 10.1 Å². The minimum absolute atomic E-state index is 0.166. The third kappa shape index (κ3) is 3.14. The number of nitrogens with zero attached hydrogens (tertiary/aromatic N) is 1. The molecule has 4 heteroatoms. The highest BCUT2D eigenvalue weighted by molar-refractivity contribution is 5.61. The van der Waals surface area contributed by atoms with Gasteiger partial charge in [0.2, 0.25) is 0 Å². The quantitative estimate of drug-likeness (QED) is 0.644. The van der Waals surface area contributed by atoms with E-state index in [0.717, 1.165) is 13.0 Å². The summed E-state index contributed by atoms with van der Waals surface area (Å²) in [6, 6.07) is 7.17. The molecule has 90 valence electrons. The molecule has 17 heavy (non-hydrogen) atoms. The predicted molar refractivity (Wildman–Crippen MR) is 67.8 cm³/mol. The van der Waals surface area contributed by atoms with Crippen molar-refractivity contribution in [3.63, 3.8) is 0 Å². The third-order valence-electron chi connectivity index (χ3n) is 2.99. The molecule has 0 aromatic heterocycles. The highest BCUT2D eigenvalue weighted by Gasteiger charge is 2.11. The van der Waals surface area contributed by atoms with Crippen LogP contribution in [0.5, 0.6) is 0 Å². The Labute approximate surface area is 100 Å². The summed E-state index contributed by atoms with van der Waals surface area (Å²) < 4.78 is 0. The summed E-state index contributed by atoms with van der Waals surface area (Å²) >= 11 is 0. The van der Waals surface area contributed by atoms with Crippen molar-refractivity contribution in [2.75, 3.05) is 6.54 Å². The second kappa shape index (κ2) is 5.59. The average molecular weight is 232 g/mol. The first kappa shape index (κ1) is 11.8. The molecule has 4 nitrogen and oxygen atoms in total. The summed E-state index contributed by atoms with van der Waals surface area (Å²) in [7, 11) is 0. The Morgan fingerprint density at radius 1 is 1.35 bits per heavy atom. The zero-order chi connectivity index (χ0) is 12.1. The van der Waals surface area contributed by atoms with Gasteiger partial charge in [0, 0.05) is 12.1 Å². The summed E-state index contributed by atoms with van der Waals surface area (Å²) in [5.41, 5.74) is 0.837. The molecule has 0 aliphatic carbocycles. The second-order valence-corrected chi connectivity index (χ2v) is 4.23. The van der Waals surface area contributed by atoms with Crippen LogP contribution in [0.4, 0.5) is 5.69 Å². The summed E-state index contributed by atoms with van der Waals surface area (Å²) in [5, 5.41) is 14.2. The fourth-order valence-electron chi connectivity index (χ4n) is 2.06. The molecular weight excluding hydrogens is 216 g/mol. The molecule has 1 atom stereocenters. The van der Waals surface area contributed by atoms with Crippen LogP contribution < -0.4 is 5.32 Å². The van der Waals surface area contributed by atoms with E-state index in [1.165, 1.54) is 18.9 Å². The number of nitro benzene ring substituents is 1. The van der Waals surface area contributed by atoms with E-state index in [0.29, 0.717) is 11.6 Å². The zero-order valence-corrected chi connectivity index (χ0v) is 9.63. The first-order valence-corrected chi connectivity index (χ1v) is 5.92. The molecule has 1 heterocycles. The van der Waals surface area contributed by atoms with Crippen molar-refractivity contribution >= 4 is 11.8 Å². The number of hydrogen-bond acceptors (Lipinski definition) is 3. The maximum absolute atomic E-state index is 10.8. The van der Waals surface area contributed by atoms with Crippen molar-refractivity contribution in [2.45, 2.75) is 25.3 Å². The van der Waals surface area contributed by atoms with Gasteiger partial charge in [-0.25, -0.2) is 0 Å². The third-order valence-corrected chi connectivity index (χ3v) is 2.99. The lowest BCUT2D eigenvalue weighted by atomic mass is 10.0. The molecule has 0 saturated carbocycles. The molecular formula is C13H16N2O2. The molecule has 0 amide bonds. The van der Waals surface area contributed by atoms with Gasteiger partial charge in [-0.2, -0.15) is 0 Å². The van der Waals surface area contributed by atoms with Crippen LogP contribution in [0.25, 0.3) is 6.08 Å². The van der Waals surface area contributed by atoms with Gasteiger partial charge in [-0.15, -0.1) is 0 Å². The molecule has 0 spiro atoms. The van der Waals surface area contributed by atoms with Crippen molar-refractivity contribution < 1.29 is 4.92 Å². The monoisotopic (exact) mass is 232 g/mol. The Morgan fingerprint density at radius 2 is 2.18 bits per heavy atom. The largest absolute Gasteiger partial charge is 0.311 e. The lowest BCUT2D eigenvalue weighted by Crippen LogP contribution is -2.31. The van der Waals surface area contributed by atoms with Gasteiger partial charge < -0.3 is 5.32 Å². The average Bonchev–Trinajstić information content (AvgIpc) is 2.38. The molecule has 1 unspecified atom stereocenters.